The van der Waals surface area contributed by atoms with E-state index in [1.54, 1.807) is 23.1 Å². The van der Waals surface area contributed by atoms with Crippen LogP contribution in [0.4, 0.5) is 21.9 Å². The number of carbonyl (C=O) groups excluding carboxylic acids is 3. The largest absolute Gasteiger partial charge is 0.326 e. The topological polar surface area (TPSA) is 90.5 Å². The van der Waals surface area contributed by atoms with Gasteiger partial charge in [0.05, 0.1) is 18.7 Å². The van der Waals surface area contributed by atoms with Crippen molar-refractivity contribution < 1.29 is 14.4 Å². The molecule has 0 fully saturated rings. The first kappa shape index (κ1) is 25.7. The van der Waals surface area contributed by atoms with Crippen LogP contribution in [0.1, 0.15) is 28.7 Å². The van der Waals surface area contributed by atoms with Gasteiger partial charge in [0.1, 0.15) is 0 Å². The van der Waals surface area contributed by atoms with Gasteiger partial charge in [-0.1, -0.05) is 83.9 Å². The van der Waals surface area contributed by atoms with E-state index in [0.29, 0.717) is 29.2 Å². The molecule has 4 aromatic rings. The van der Waals surface area contributed by atoms with Gasteiger partial charge in [-0.3, -0.25) is 9.59 Å². The fourth-order valence-electron chi connectivity index (χ4n) is 4.86. The van der Waals surface area contributed by atoms with Crippen LogP contribution in [0.2, 0.25) is 0 Å². The normalized spacial score (nSPS) is 15.9. The van der Waals surface area contributed by atoms with E-state index < -0.39 is 11.6 Å². The van der Waals surface area contributed by atoms with Crippen molar-refractivity contribution in [1.82, 2.24) is 5.32 Å². The number of benzene rings is 4. The molecule has 0 saturated heterocycles. The van der Waals surface area contributed by atoms with Gasteiger partial charge in [0.2, 0.25) is 5.91 Å². The first-order chi connectivity index (χ1) is 18.8. The minimum absolute atomic E-state index is 0.274. The minimum atomic E-state index is -1.60. The Morgan fingerprint density at radius 2 is 1.28 bits per heavy atom. The fourth-order valence-corrected chi connectivity index (χ4v) is 4.86. The van der Waals surface area contributed by atoms with Crippen molar-refractivity contribution in [2.24, 2.45) is 0 Å². The van der Waals surface area contributed by atoms with E-state index in [0.717, 1.165) is 16.7 Å². The maximum atomic E-state index is 14.3. The average Bonchev–Trinajstić information content (AvgIpc) is 3.14. The second-order valence-electron chi connectivity index (χ2n) is 9.84. The fraction of sp³-hybridized carbons (Fsp3) is 0.156. The summed E-state index contributed by atoms with van der Waals surface area (Å²) in [5.74, 6) is -0.759. The number of hydrogen-bond acceptors (Lipinski definition) is 3. The van der Waals surface area contributed by atoms with Crippen LogP contribution in [-0.2, 0) is 21.7 Å². The van der Waals surface area contributed by atoms with Crippen molar-refractivity contribution in [3.05, 3.63) is 125 Å². The molecule has 0 saturated carbocycles. The van der Waals surface area contributed by atoms with Gasteiger partial charge in [-0.2, -0.15) is 0 Å². The molecule has 196 valence electrons. The molecule has 1 atom stereocenters. The van der Waals surface area contributed by atoms with E-state index in [1.807, 2.05) is 98.8 Å². The van der Waals surface area contributed by atoms with Crippen LogP contribution in [0, 0.1) is 13.8 Å². The smallest absolute Gasteiger partial charge is 0.320 e. The number of aryl methyl sites for hydroxylation is 2. The lowest BCUT2D eigenvalue weighted by molar-refractivity contribution is -0.128. The number of rotatable bonds is 7. The van der Waals surface area contributed by atoms with Crippen LogP contribution in [0.3, 0.4) is 0 Å². The maximum Gasteiger partial charge on any atom is 0.320 e. The molecule has 7 nitrogen and oxygen atoms in total. The molecule has 4 aromatic carbocycles. The van der Waals surface area contributed by atoms with Gasteiger partial charge in [0.15, 0.2) is 5.54 Å². The predicted molar refractivity (Wildman–Crippen MR) is 154 cm³/mol. The minimum Gasteiger partial charge on any atom is -0.326 e. The van der Waals surface area contributed by atoms with E-state index >= 15 is 0 Å². The first-order valence-electron chi connectivity index (χ1n) is 12.8. The van der Waals surface area contributed by atoms with Crippen molar-refractivity contribution in [2.75, 3.05) is 15.5 Å². The molecular formula is C32H30N4O3. The van der Waals surface area contributed by atoms with Gasteiger partial charge in [0.25, 0.3) is 5.91 Å². The van der Waals surface area contributed by atoms with E-state index in [9.17, 15) is 14.4 Å². The number of carbonyl (C=O) groups is 3. The zero-order valence-corrected chi connectivity index (χ0v) is 21.9. The highest BCUT2D eigenvalue weighted by atomic mass is 16.2. The molecular weight excluding hydrogens is 488 g/mol. The Morgan fingerprint density at radius 1 is 0.718 bits per heavy atom. The Labute approximate surface area is 227 Å². The maximum absolute atomic E-state index is 14.3. The lowest BCUT2D eigenvalue weighted by Gasteiger charge is -2.30. The number of hydrogen-bond donors (Lipinski definition) is 3. The highest BCUT2D eigenvalue weighted by Crippen LogP contribution is 2.43. The number of nitrogens with zero attached hydrogens (tertiary/aromatic N) is 1. The molecule has 39 heavy (non-hydrogen) atoms. The summed E-state index contributed by atoms with van der Waals surface area (Å²) in [5, 5.41) is 8.60. The highest BCUT2D eigenvalue weighted by Gasteiger charge is 2.53. The molecule has 0 aliphatic carbocycles. The number of urea groups is 1. The van der Waals surface area contributed by atoms with Gasteiger partial charge in [0, 0.05) is 16.9 Å². The zero-order valence-electron chi connectivity index (χ0n) is 21.9. The Balaban J connectivity index is 1.49. The van der Waals surface area contributed by atoms with E-state index in [4.69, 9.17) is 0 Å². The van der Waals surface area contributed by atoms with Crippen LogP contribution in [0.25, 0.3) is 0 Å². The third-order valence-corrected chi connectivity index (χ3v) is 6.85. The van der Waals surface area contributed by atoms with Crippen molar-refractivity contribution in [1.29, 1.82) is 0 Å². The summed E-state index contributed by atoms with van der Waals surface area (Å²) in [6.07, 6.45) is -0.274. The van der Waals surface area contributed by atoms with E-state index in [1.165, 1.54) is 0 Å². The van der Waals surface area contributed by atoms with Crippen molar-refractivity contribution in [3.8, 4) is 0 Å². The Morgan fingerprint density at radius 3 is 1.92 bits per heavy atom. The molecule has 1 aliphatic rings. The lowest BCUT2D eigenvalue weighted by atomic mass is 9.87. The van der Waals surface area contributed by atoms with Gasteiger partial charge in [-0.25, -0.2) is 4.79 Å². The molecule has 0 aromatic heterocycles. The van der Waals surface area contributed by atoms with Gasteiger partial charge in [-0.15, -0.1) is 0 Å². The standard InChI is InChI=1S/C32H30N4O3/c1-22-12-16-25(17-13-22)33-29(37)20-32(35-31(39)34-26-18-14-23(2)15-19-26)27-10-6-7-11-28(27)36(30(32)38)21-24-8-4-3-5-9-24/h3-19H,20-21H2,1-2H3,(H,33,37)(H2,34,35,39). The molecule has 0 bridgehead atoms. The summed E-state index contributed by atoms with van der Waals surface area (Å²) < 4.78 is 0. The monoisotopic (exact) mass is 518 g/mol. The summed E-state index contributed by atoms with van der Waals surface area (Å²) in [6, 6.07) is 31.1. The van der Waals surface area contributed by atoms with Crippen molar-refractivity contribution in [2.45, 2.75) is 32.4 Å². The zero-order chi connectivity index (χ0) is 27.4. The third-order valence-electron chi connectivity index (χ3n) is 6.85. The van der Waals surface area contributed by atoms with Crippen LogP contribution in [0.5, 0.6) is 0 Å². The Hall–Kier alpha value is -4.91. The predicted octanol–water partition coefficient (Wildman–Crippen LogP) is 5.90. The molecule has 1 heterocycles. The molecule has 5 rings (SSSR count). The summed E-state index contributed by atoms with van der Waals surface area (Å²) >= 11 is 0. The average molecular weight is 519 g/mol. The van der Waals surface area contributed by atoms with Gasteiger partial charge >= 0.3 is 6.03 Å². The van der Waals surface area contributed by atoms with Crippen molar-refractivity contribution in [3.63, 3.8) is 0 Å². The highest BCUT2D eigenvalue weighted by molar-refractivity contribution is 6.12. The second kappa shape index (κ2) is 10.8. The Kier molecular flexibility index (Phi) is 7.14. The van der Waals surface area contributed by atoms with Gasteiger partial charge < -0.3 is 20.9 Å². The molecule has 1 unspecified atom stereocenters. The summed E-state index contributed by atoms with van der Waals surface area (Å²) in [7, 11) is 0. The van der Waals surface area contributed by atoms with Crippen LogP contribution < -0.4 is 20.9 Å². The molecule has 0 radical (unpaired) electrons. The van der Waals surface area contributed by atoms with Crippen LogP contribution in [0.15, 0.2) is 103 Å². The summed E-state index contributed by atoms with van der Waals surface area (Å²) in [5.41, 5.74) is 3.88. The lowest BCUT2D eigenvalue weighted by Crippen LogP contribution is -2.55. The van der Waals surface area contributed by atoms with Crippen LogP contribution >= 0.6 is 0 Å². The molecule has 0 spiro atoms. The molecule has 3 N–H and O–H groups in total. The summed E-state index contributed by atoms with van der Waals surface area (Å²) in [6.45, 7) is 4.23. The molecule has 7 heteroatoms. The first-order valence-corrected chi connectivity index (χ1v) is 12.8. The van der Waals surface area contributed by atoms with Crippen LogP contribution in [-0.4, -0.2) is 17.8 Å². The van der Waals surface area contributed by atoms with Crippen molar-refractivity contribution >= 4 is 34.9 Å². The quantitative estimate of drug-likeness (QED) is 0.285. The van der Waals surface area contributed by atoms with E-state index in [-0.39, 0.29) is 18.2 Å². The number of fused-ring (bicyclic) bond motifs is 1. The Bertz CT molecular complexity index is 1440. The number of anilines is 3. The van der Waals surface area contributed by atoms with Gasteiger partial charge in [-0.05, 0) is 49.7 Å². The van der Waals surface area contributed by atoms with E-state index in [2.05, 4.69) is 16.0 Å². The second-order valence-corrected chi connectivity index (χ2v) is 9.84. The molecule has 1 aliphatic heterocycles. The summed E-state index contributed by atoms with van der Waals surface area (Å²) in [4.78, 5) is 42.6. The SMILES string of the molecule is Cc1ccc(NC(=O)CC2(NC(=O)Nc3ccc(C)cc3)C(=O)N(Cc3ccccc3)c3ccccc32)cc1. The molecule has 4 amide bonds. The number of amides is 4. The number of para-hydroxylation sites is 1. The third kappa shape index (κ3) is 5.52. The number of nitrogens with one attached hydrogen (secondary N) is 3.